The summed E-state index contributed by atoms with van der Waals surface area (Å²) in [6.07, 6.45) is -0.746. The largest absolute Gasteiger partial charge is 0.393 e. The van der Waals surface area contributed by atoms with Crippen LogP contribution in [0, 0.1) is 11.8 Å². The molecule has 0 aliphatic carbocycles. The van der Waals surface area contributed by atoms with Gasteiger partial charge in [0.2, 0.25) is 5.91 Å². The summed E-state index contributed by atoms with van der Waals surface area (Å²) in [4.78, 5) is 12.8. The van der Waals surface area contributed by atoms with E-state index in [-0.39, 0.29) is 13.1 Å². The van der Waals surface area contributed by atoms with Crippen LogP contribution in [0.2, 0.25) is 0 Å². The predicted octanol–water partition coefficient (Wildman–Crippen LogP) is 2.30. The summed E-state index contributed by atoms with van der Waals surface area (Å²) in [5, 5.41) is 0. The number of primary amides is 1. The molecule has 1 fully saturated rings. The number of hydrogen-bond donors (Lipinski definition) is 1. The van der Waals surface area contributed by atoms with Gasteiger partial charge in [0.15, 0.2) is 0 Å². The lowest BCUT2D eigenvalue weighted by molar-refractivity contribution is -0.182. The highest BCUT2D eigenvalue weighted by Gasteiger charge is 2.51. The zero-order valence-corrected chi connectivity index (χ0v) is 11.4. The number of nitrogens with two attached hydrogens (primary N) is 1. The van der Waals surface area contributed by atoms with Crippen LogP contribution in [0.15, 0.2) is 36.4 Å². The Morgan fingerprint density at radius 1 is 1.29 bits per heavy atom. The monoisotopic (exact) mass is 298 g/mol. The van der Waals surface area contributed by atoms with E-state index in [2.05, 4.69) is 0 Å². The van der Waals surface area contributed by atoms with Gasteiger partial charge < -0.3 is 5.73 Å². The third kappa shape index (κ3) is 4.07. The van der Waals surface area contributed by atoms with Crippen LogP contribution in [-0.4, -0.2) is 36.6 Å². The molecular weight excluding hydrogens is 281 g/mol. The number of carbonyl (C=O) groups excluding carboxylic acids is 1. The maximum Gasteiger partial charge on any atom is 0.393 e. The molecule has 0 radical (unpaired) electrons. The Bertz CT molecular complexity index is 513. The summed E-state index contributed by atoms with van der Waals surface area (Å²) in [6, 6.07) is 9.48. The van der Waals surface area contributed by atoms with Crippen LogP contribution in [0.1, 0.15) is 5.56 Å². The van der Waals surface area contributed by atoms with Crippen molar-refractivity contribution in [3.05, 3.63) is 42.0 Å². The Morgan fingerprint density at radius 2 is 1.95 bits per heavy atom. The fourth-order valence-corrected chi connectivity index (χ4v) is 2.56. The van der Waals surface area contributed by atoms with Crippen molar-refractivity contribution in [3.63, 3.8) is 0 Å². The van der Waals surface area contributed by atoms with E-state index in [1.807, 2.05) is 36.4 Å². The van der Waals surface area contributed by atoms with Crippen LogP contribution in [0.3, 0.4) is 0 Å². The lowest BCUT2D eigenvalue weighted by atomic mass is 9.95. The van der Waals surface area contributed by atoms with Crippen LogP contribution in [0.25, 0.3) is 6.08 Å². The van der Waals surface area contributed by atoms with Crippen molar-refractivity contribution in [2.45, 2.75) is 6.18 Å². The average Bonchev–Trinajstić information content (AvgIpc) is 2.84. The van der Waals surface area contributed by atoms with Gasteiger partial charge in [0.25, 0.3) is 0 Å². The van der Waals surface area contributed by atoms with Crippen molar-refractivity contribution in [1.82, 2.24) is 4.90 Å². The molecule has 0 bridgehead atoms. The first kappa shape index (κ1) is 15.6. The summed E-state index contributed by atoms with van der Waals surface area (Å²) in [6.45, 7) is 0.236. The molecule has 2 atom stereocenters. The fourth-order valence-electron chi connectivity index (χ4n) is 2.56. The second kappa shape index (κ2) is 6.30. The van der Waals surface area contributed by atoms with Crippen LogP contribution in [-0.2, 0) is 4.79 Å². The Morgan fingerprint density at radius 3 is 2.48 bits per heavy atom. The highest BCUT2D eigenvalue weighted by Crippen LogP contribution is 2.37. The van der Waals surface area contributed by atoms with Crippen LogP contribution >= 0.6 is 0 Å². The molecule has 1 amide bonds. The first-order valence-corrected chi connectivity index (χ1v) is 6.68. The van der Waals surface area contributed by atoms with Gasteiger partial charge in [-0.1, -0.05) is 42.5 Å². The molecular formula is C15H17F3N2O. The van der Waals surface area contributed by atoms with Gasteiger partial charge in [-0.15, -0.1) is 0 Å². The minimum Gasteiger partial charge on any atom is -0.369 e. The number of alkyl halides is 3. The second-order valence-corrected chi connectivity index (χ2v) is 5.19. The maximum atomic E-state index is 12.9. The highest BCUT2D eigenvalue weighted by atomic mass is 19.4. The minimum absolute atomic E-state index is 0.0542. The Labute approximate surface area is 121 Å². The maximum absolute atomic E-state index is 12.9. The van der Waals surface area contributed by atoms with Gasteiger partial charge in [0, 0.05) is 19.6 Å². The molecule has 1 aliphatic rings. The van der Waals surface area contributed by atoms with E-state index in [0.29, 0.717) is 6.54 Å². The first-order chi connectivity index (χ1) is 9.88. The van der Waals surface area contributed by atoms with Crippen molar-refractivity contribution in [2.75, 3.05) is 19.6 Å². The summed E-state index contributed by atoms with van der Waals surface area (Å²) >= 11 is 0. The van der Waals surface area contributed by atoms with E-state index in [4.69, 9.17) is 5.73 Å². The number of rotatable bonds is 4. The van der Waals surface area contributed by atoms with Gasteiger partial charge in [0.05, 0.1) is 11.8 Å². The first-order valence-electron chi connectivity index (χ1n) is 6.68. The molecule has 0 spiro atoms. The molecule has 1 saturated heterocycles. The minimum atomic E-state index is -4.39. The standard InChI is InChI=1S/C15H17F3N2O/c16-15(17,18)13-10-20(9-12(13)14(19)21)8-4-7-11-5-2-1-3-6-11/h1-7,12-13H,8-10H2,(H2,19,21)/b7-4+/t12-,13-/m1/s1. The molecule has 0 saturated carbocycles. The molecule has 21 heavy (non-hydrogen) atoms. The van der Waals surface area contributed by atoms with Crippen molar-refractivity contribution in [1.29, 1.82) is 0 Å². The molecule has 1 heterocycles. The molecule has 2 N–H and O–H groups in total. The van der Waals surface area contributed by atoms with Crippen molar-refractivity contribution in [3.8, 4) is 0 Å². The highest BCUT2D eigenvalue weighted by molar-refractivity contribution is 5.77. The van der Waals surface area contributed by atoms with Crippen LogP contribution < -0.4 is 5.73 Å². The van der Waals surface area contributed by atoms with Gasteiger partial charge >= 0.3 is 6.18 Å². The van der Waals surface area contributed by atoms with Gasteiger partial charge in [-0.2, -0.15) is 13.2 Å². The third-order valence-corrected chi connectivity index (χ3v) is 3.65. The topological polar surface area (TPSA) is 46.3 Å². The summed E-state index contributed by atoms with van der Waals surface area (Å²) < 4.78 is 38.6. The van der Waals surface area contributed by atoms with Gasteiger partial charge in [-0.05, 0) is 5.56 Å². The van der Waals surface area contributed by atoms with E-state index in [1.165, 1.54) is 0 Å². The average molecular weight is 298 g/mol. The third-order valence-electron chi connectivity index (χ3n) is 3.65. The number of amides is 1. The lowest BCUT2D eigenvalue weighted by Gasteiger charge is -2.18. The SMILES string of the molecule is NC(=O)[C@@H]1CN(C/C=C/c2ccccc2)C[C@H]1C(F)(F)F. The van der Waals surface area contributed by atoms with Gasteiger partial charge in [-0.25, -0.2) is 0 Å². The van der Waals surface area contributed by atoms with Crippen LogP contribution in [0.5, 0.6) is 0 Å². The molecule has 1 aromatic carbocycles. The molecule has 0 unspecified atom stereocenters. The zero-order chi connectivity index (χ0) is 15.5. The molecule has 114 valence electrons. The van der Waals surface area contributed by atoms with E-state index in [9.17, 15) is 18.0 Å². The molecule has 3 nitrogen and oxygen atoms in total. The molecule has 0 aromatic heterocycles. The van der Waals surface area contributed by atoms with Gasteiger partial charge in [-0.3, -0.25) is 9.69 Å². The Balaban J connectivity index is 1.97. The summed E-state index contributed by atoms with van der Waals surface area (Å²) in [5.74, 6) is -3.71. The number of likely N-dealkylation sites (tertiary alicyclic amines) is 1. The molecule has 1 aromatic rings. The van der Waals surface area contributed by atoms with Crippen molar-refractivity contribution < 1.29 is 18.0 Å². The van der Waals surface area contributed by atoms with E-state index in [1.54, 1.807) is 11.0 Å². The number of benzene rings is 1. The molecule has 1 aliphatic heterocycles. The van der Waals surface area contributed by atoms with E-state index in [0.717, 1.165) is 5.56 Å². The molecule has 2 rings (SSSR count). The van der Waals surface area contributed by atoms with E-state index >= 15 is 0 Å². The second-order valence-electron chi connectivity index (χ2n) is 5.19. The molecule has 6 heteroatoms. The number of hydrogen-bond acceptors (Lipinski definition) is 2. The number of halogens is 3. The predicted molar refractivity (Wildman–Crippen MR) is 74.1 cm³/mol. The smallest absolute Gasteiger partial charge is 0.369 e. The number of carbonyl (C=O) groups is 1. The summed E-state index contributed by atoms with van der Waals surface area (Å²) in [7, 11) is 0. The normalized spacial score (nSPS) is 23.8. The Kier molecular flexibility index (Phi) is 4.67. The zero-order valence-electron chi connectivity index (χ0n) is 11.4. The summed E-state index contributed by atoms with van der Waals surface area (Å²) in [5.41, 5.74) is 6.07. The number of nitrogens with zero attached hydrogens (tertiary/aromatic N) is 1. The van der Waals surface area contributed by atoms with Crippen molar-refractivity contribution in [2.24, 2.45) is 17.6 Å². The fraction of sp³-hybridized carbons (Fsp3) is 0.400. The van der Waals surface area contributed by atoms with Gasteiger partial charge in [0.1, 0.15) is 0 Å². The van der Waals surface area contributed by atoms with E-state index < -0.39 is 23.9 Å². The lowest BCUT2D eigenvalue weighted by Crippen LogP contribution is -2.37. The van der Waals surface area contributed by atoms with Crippen LogP contribution in [0.4, 0.5) is 13.2 Å². The Hall–Kier alpha value is -1.82. The van der Waals surface area contributed by atoms with Crippen molar-refractivity contribution >= 4 is 12.0 Å². The quantitative estimate of drug-likeness (QED) is 0.927.